The van der Waals surface area contributed by atoms with Crippen LogP contribution < -0.4 is 21.5 Å². The minimum absolute atomic E-state index is 0.0474. The zero-order valence-electron chi connectivity index (χ0n) is 15.5. The summed E-state index contributed by atoms with van der Waals surface area (Å²) in [7, 11) is 0. The van der Waals surface area contributed by atoms with E-state index in [2.05, 4.69) is 16.1 Å². The number of benzene rings is 1. The van der Waals surface area contributed by atoms with E-state index in [1.165, 1.54) is 12.3 Å². The highest BCUT2D eigenvalue weighted by atomic mass is 16.3. The summed E-state index contributed by atoms with van der Waals surface area (Å²) in [6.45, 7) is 3.40. The Morgan fingerprint density at radius 2 is 1.61 bits per heavy atom. The fraction of sp³-hybridized carbons (Fsp3) is 0.263. The Bertz CT molecular complexity index is 818. The average molecular weight is 386 g/mol. The zero-order chi connectivity index (χ0) is 20.5. The fourth-order valence-electron chi connectivity index (χ4n) is 2.29. The summed E-state index contributed by atoms with van der Waals surface area (Å²) in [6, 6.07) is 10.8. The SMILES string of the molecule is CC(C)NC(=O)C(=O)NNC(=O)[C@H](Cc1ccccc1)NC(=O)c1ccco1. The molecule has 0 unspecified atom stereocenters. The van der Waals surface area contributed by atoms with Crippen molar-refractivity contribution in [3.8, 4) is 0 Å². The molecule has 0 aliphatic carbocycles. The molecule has 0 bridgehead atoms. The molecule has 9 heteroatoms. The highest BCUT2D eigenvalue weighted by Gasteiger charge is 2.24. The van der Waals surface area contributed by atoms with Crippen molar-refractivity contribution in [3.63, 3.8) is 0 Å². The largest absolute Gasteiger partial charge is 0.459 e. The number of carbonyl (C=O) groups is 4. The maximum Gasteiger partial charge on any atom is 0.327 e. The number of nitrogens with one attached hydrogen (secondary N) is 4. The highest BCUT2D eigenvalue weighted by molar-refractivity contribution is 6.35. The molecule has 2 rings (SSSR count). The van der Waals surface area contributed by atoms with Crippen molar-refractivity contribution < 1.29 is 23.6 Å². The molecule has 2 aromatic rings. The van der Waals surface area contributed by atoms with E-state index in [1.807, 2.05) is 11.5 Å². The van der Waals surface area contributed by atoms with E-state index < -0.39 is 29.7 Å². The van der Waals surface area contributed by atoms with Gasteiger partial charge in [-0.3, -0.25) is 30.0 Å². The van der Waals surface area contributed by atoms with Crippen molar-refractivity contribution in [3.05, 3.63) is 60.1 Å². The number of carbonyl (C=O) groups excluding carboxylic acids is 4. The number of hydrogen-bond donors (Lipinski definition) is 4. The van der Waals surface area contributed by atoms with Crippen molar-refractivity contribution in [2.75, 3.05) is 0 Å². The summed E-state index contributed by atoms with van der Waals surface area (Å²) in [6.07, 6.45) is 1.52. The second-order valence-corrected chi connectivity index (χ2v) is 6.26. The van der Waals surface area contributed by atoms with Gasteiger partial charge in [-0.2, -0.15) is 0 Å². The van der Waals surface area contributed by atoms with Crippen molar-refractivity contribution in [1.29, 1.82) is 0 Å². The first-order chi connectivity index (χ1) is 13.4. The van der Waals surface area contributed by atoms with E-state index in [1.54, 1.807) is 44.2 Å². The van der Waals surface area contributed by atoms with Crippen LogP contribution in [-0.2, 0) is 20.8 Å². The Morgan fingerprint density at radius 3 is 2.21 bits per heavy atom. The lowest BCUT2D eigenvalue weighted by Gasteiger charge is -2.18. The summed E-state index contributed by atoms with van der Waals surface area (Å²) in [5.74, 6) is -3.11. The van der Waals surface area contributed by atoms with Gasteiger partial charge in [-0.05, 0) is 31.5 Å². The third kappa shape index (κ3) is 6.27. The minimum atomic E-state index is -1.02. The topological polar surface area (TPSA) is 130 Å². The van der Waals surface area contributed by atoms with Crippen LogP contribution in [0.3, 0.4) is 0 Å². The molecule has 0 spiro atoms. The molecule has 1 atom stereocenters. The molecule has 9 nitrogen and oxygen atoms in total. The maximum atomic E-state index is 12.5. The second kappa shape index (κ2) is 9.91. The summed E-state index contributed by atoms with van der Waals surface area (Å²) >= 11 is 0. The van der Waals surface area contributed by atoms with Crippen molar-refractivity contribution in [1.82, 2.24) is 21.5 Å². The average Bonchev–Trinajstić information content (AvgIpc) is 3.20. The number of amides is 4. The fourth-order valence-corrected chi connectivity index (χ4v) is 2.29. The summed E-state index contributed by atoms with van der Waals surface area (Å²) in [4.78, 5) is 48.1. The standard InChI is InChI=1S/C19H22N4O5/c1-12(2)20-18(26)19(27)23-22-16(24)14(11-13-7-4-3-5-8-13)21-17(25)15-9-6-10-28-15/h3-10,12,14H,11H2,1-2H3,(H,20,26)(H,21,25)(H,22,24)(H,23,27)/t14-/m0/s1. The van der Waals surface area contributed by atoms with E-state index in [0.29, 0.717) is 0 Å². The van der Waals surface area contributed by atoms with Gasteiger partial charge in [0.25, 0.3) is 11.8 Å². The van der Waals surface area contributed by atoms with Gasteiger partial charge >= 0.3 is 11.8 Å². The van der Waals surface area contributed by atoms with E-state index in [0.717, 1.165) is 5.56 Å². The first-order valence-corrected chi connectivity index (χ1v) is 8.65. The van der Waals surface area contributed by atoms with E-state index in [-0.39, 0.29) is 18.2 Å². The quantitative estimate of drug-likeness (QED) is 0.419. The van der Waals surface area contributed by atoms with Gasteiger partial charge in [0.05, 0.1) is 6.26 Å². The van der Waals surface area contributed by atoms with Crippen LogP contribution in [0.15, 0.2) is 53.1 Å². The van der Waals surface area contributed by atoms with Crippen LogP contribution in [0.5, 0.6) is 0 Å². The van der Waals surface area contributed by atoms with Crippen LogP contribution in [0.2, 0.25) is 0 Å². The van der Waals surface area contributed by atoms with Gasteiger partial charge in [-0.15, -0.1) is 0 Å². The molecular formula is C19H22N4O5. The van der Waals surface area contributed by atoms with Crippen molar-refractivity contribution >= 4 is 23.6 Å². The first-order valence-electron chi connectivity index (χ1n) is 8.65. The van der Waals surface area contributed by atoms with Crippen LogP contribution in [0, 0.1) is 0 Å². The summed E-state index contributed by atoms with van der Waals surface area (Å²) in [5, 5.41) is 4.96. The Labute approximate surface area is 161 Å². The molecule has 28 heavy (non-hydrogen) atoms. The molecule has 148 valence electrons. The molecule has 4 amide bonds. The maximum absolute atomic E-state index is 12.5. The molecule has 1 aromatic carbocycles. The molecular weight excluding hydrogens is 364 g/mol. The van der Waals surface area contributed by atoms with E-state index in [4.69, 9.17) is 4.42 Å². The molecule has 0 saturated carbocycles. The zero-order valence-corrected chi connectivity index (χ0v) is 15.5. The monoisotopic (exact) mass is 386 g/mol. The summed E-state index contributed by atoms with van der Waals surface area (Å²) < 4.78 is 5.03. The molecule has 0 aliphatic heterocycles. The van der Waals surface area contributed by atoms with Crippen LogP contribution in [0.4, 0.5) is 0 Å². The van der Waals surface area contributed by atoms with E-state index >= 15 is 0 Å². The van der Waals surface area contributed by atoms with Crippen molar-refractivity contribution in [2.24, 2.45) is 0 Å². The molecule has 0 radical (unpaired) electrons. The van der Waals surface area contributed by atoms with E-state index in [9.17, 15) is 19.2 Å². The Balaban J connectivity index is 2.02. The normalized spacial score (nSPS) is 11.4. The lowest BCUT2D eigenvalue weighted by atomic mass is 10.1. The van der Waals surface area contributed by atoms with Crippen LogP contribution in [-0.4, -0.2) is 35.7 Å². The van der Waals surface area contributed by atoms with Gasteiger partial charge in [0.15, 0.2) is 5.76 Å². The lowest BCUT2D eigenvalue weighted by Crippen LogP contribution is -2.55. The predicted molar refractivity (Wildman–Crippen MR) is 99.7 cm³/mol. The molecule has 1 heterocycles. The first kappa shape index (κ1) is 20.7. The van der Waals surface area contributed by atoms with Crippen LogP contribution >= 0.6 is 0 Å². The lowest BCUT2D eigenvalue weighted by molar-refractivity contribution is -0.141. The van der Waals surface area contributed by atoms with Crippen LogP contribution in [0.25, 0.3) is 0 Å². The summed E-state index contributed by atoms with van der Waals surface area (Å²) in [5.41, 5.74) is 5.00. The highest BCUT2D eigenvalue weighted by Crippen LogP contribution is 2.06. The predicted octanol–water partition coefficient (Wildman–Crippen LogP) is 0.293. The van der Waals surface area contributed by atoms with Crippen LogP contribution in [0.1, 0.15) is 30.0 Å². The third-order valence-electron chi connectivity index (χ3n) is 3.57. The molecule has 1 aromatic heterocycles. The Kier molecular flexibility index (Phi) is 7.32. The van der Waals surface area contributed by atoms with Gasteiger partial charge in [0.1, 0.15) is 6.04 Å². The van der Waals surface area contributed by atoms with Gasteiger partial charge in [-0.25, -0.2) is 0 Å². The molecule has 0 fully saturated rings. The number of furan rings is 1. The molecule has 0 aliphatic rings. The van der Waals surface area contributed by atoms with Gasteiger partial charge in [0.2, 0.25) is 0 Å². The Hall–Kier alpha value is -3.62. The Morgan fingerprint density at radius 1 is 0.893 bits per heavy atom. The number of hydrogen-bond acceptors (Lipinski definition) is 5. The van der Waals surface area contributed by atoms with Crippen molar-refractivity contribution in [2.45, 2.75) is 32.4 Å². The van der Waals surface area contributed by atoms with Gasteiger partial charge in [-0.1, -0.05) is 30.3 Å². The number of hydrazine groups is 1. The second-order valence-electron chi connectivity index (χ2n) is 6.26. The number of rotatable bonds is 6. The van der Waals surface area contributed by atoms with Gasteiger partial charge in [0, 0.05) is 12.5 Å². The minimum Gasteiger partial charge on any atom is -0.459 e. The molecule has 4 N–H and O–H groups in total. The smallest absolute Gasteiger partial charge is 0.327 e. The van der Waals surface area contributed by atoms with Gasteiger partial charge < -0.3 is 15.1 Å². The third-order valence-corrected chi connectivity index (χ3v) is 3.57. The molecule has 0 saturated heterocycles.